The third-order valence-corrected chi connectivity index (χ3v) is 9.16. The van der Waals surface area contributed by atoms with Crippen LogP contribution in [0.3, 0.4) is 0 Å². The number of hydrogen-bond acceptors (Lipinski definition) is 8. The lowest BCUT2D eigenvalue weighted by molar-refractivity contribution is -0.127. The van der Waals surface area contributed by atoms with E-state index in [-0.39, 0.29) is 16.8 Å². The standard InChI is InChI=1S/C27H32ClN7O3S/c1-2-25(36)34-13-10-20(11-14-34)17-33-12-6-7-22(19-33)31-27-29-16-24(28)26(32-27)21-15-30-35(18-21)39(37,38)23-8-4-3-5-9-23/h2-5,8-9,15-16,18,20,22H,1,6-7,10-14,17,19H2,(H,29,31,32)/t22-/m1/s1. The Hall–Kier alpha value is -3.28. The summed E-state index contributed by atoms with van der Waals surface area (Å²) in [5.41, 5.74) is 0.897. The number of likely N-dealkylation sites (tertiary alicyclic amines) is 2. The molecule has 1 atom stereocenters. The van der Waals surface area contributed by atoms with Crippen molar-refractivity contribution >= 4 is 33.5 Å². The number of hydrogen-bond donors (Lipinski definition) is 1. The summed E-state index contributed by atoms with van der Waals surface area (Å²) in [5, 5.41) is 7.82. The molecule has 0 spiro atoms. The summed E-state index contributed by atoms with van der Waals surface area (Å²) in [6.07, 6.45) is 9.84. The zero-order valence-electron chi connectivity index (χ0n) is 21.6. The molecule has 206 valence electrons. The molecule has 0 unspecified atom stereocenters. The number of carbonyl (C=O) groups excluding carboxylic acids is 1. The molecule has 0 aliphatic carbocycles. The van der Waals surface area contributed by atoms with Gasteiger partial charge in [-0.25, -0.2) is 9.97 Å². The van der Waals surface area contributed by atoms with Crippen molar-refractivity contribution in [3.63, 3.8) is 0 Å². The first-order valence-electron chi connectivity index (χ1n) is 13.1. The van der Waals surface area contributed by atoms with Crippen molar-refractivity contribution in [3.8, 4) is 11.3 Å². The first-order chi connectivity index (χ1) is 18.8. The number of amides is 1. The van der Waals surface area contributed by atoms with E-state index in [1.54, 1.807) is 18.2 Å². The zero-order chi connectivity index (χ0) is 27.4. The van der Waals surface area contributed by atoms with Gasteiger partial charge in [-0.2, -0.15) is 17.6 Å². The smallest absolute Gasteiger partial charge is 0.282 e. The number of aromatic nitrogens is 4. The fraction of sp³-hybridized carbons (Fsp3) is 0.407. The number of benzene rings is 1. The molecule has 0 bridgehead atoms. The Morgan fingerprint density at radius 2 is 1.90 bits per heavy atom. The van der Waals surface area contributed by atoms with Gasteiger partial charge in [-0.3, -0.25) is 4.79 Å². The number of piperidine rings is 2. The maximum atomic E-state index is 12.9. The lowest BCUT2D eigenvalue weighted by Gasteiger charge is -2.38. The van der Waals surface area contributed by atoms with Crippen LogP contribution in [-0.2, 0) is 14.8 Å². The SMILES string of the molecule is C=CC(=O)N1CCC(CN2CCC[C@@H](Nc3ncc(Cl)c(-c4cnn(S(=O)(=O)c5ccccc5)c4)n3)C2)CC1. The number of nitrogens with one attached hydrogen (secondary N) is 1. The minimum atomic E-state index is -3.82. The van der Waals surface area contributed by atoms with Gasteiger partial charge < -0.3 is 15.1 Å². The topological polar surface area (TPSA) is 113 Å². The summed E-state index contributed by atoms with van der Waals surface area (Å²) in [6.45, 7) is 8.10. The average molecular weight is 570 g/mol. The Balaban J connectivity index is 1.22. The number of anilines is 1. The van der Waals surface area contributed by atoms with Crippen molar-refractivity contribution in [2.45, 2.75) is 36.6 Å². The Kier molecular flexibility index (Phi) is 8.29. The van der Waals surface area contributed by atoms with Gasteiger partial charge in [0.05, 0.1) is 34.2 Å². The van der Waals surface area contributed by atoms with E-state index in [0.717, 1.165) is 62.5 Å². The molecule has 12 heteroatoms. The second kappa shape index (κ2) is 11.8. The third kappa shape index (κ3) is 6.32. The van der Waals surface area contributed by atoms with Crippen LogP contribution in [0.1, 0.15) is 25.7 Å². The maximum absolute atomic E-state index is 12.9. The quantitative estimate of drug-likeness (QED) is 0.410. The summed E-state index contributed by atoms with van der Waals surface area (Å²) >= 11 is 6.41. The zero-order valence-corrected chi connectivity index (χ0v) is 23.2. The van der Waals surface area contributed by atoms with E-state index in [0.29, 0.717) is 28.1 Å². The second-order valence-corrected chi connectivity index (χ2v) is 12.2. The van der Waals surface area contributed by atoms with Crippen molar-refractivity contribution in [2.24, 2.45) is 5.92 Å². The van der Waals surface area contributed by atoms with Crippen molar-refractivity contribution < 1.29 is 13.2 Å². The van der Waals surface area contributed by atoms with Gasteiger partial charge in [0.1, 0.15) is 0 Å². The van der Waals surface area contributed by atoms with E-state index in [2.05, 4.69) is 31.9 Å². The van der Waals surface area contributed by atoms with E-state index in [9.17, 15) is 13.2 Å². The first-order valence-corrected chi connectivity index (χ1v) is 14.9. The van der Waals surface area contributed by atoms with E-state index >= 15 is 0 Å². The van der Waals surface area contributed by atoms with Crippen LogP contribution in [0.5, 0.6) is 0 Å². The molecule has 1 amide bonds. The van der Waals surface area contributed by atoms with Gasteiger partial charge >= 0.3 is 0 Å². The van der Waals surface area contributed by atoms with Crippen LogP contribution < -0.4 is 5.32 Å². The van der Waals surface area contributed by atoms with Crippen LogP contribution >= 0.6 is 11.6 Å². The van der Waals surface area contributed by atoms with Gasteiger partial charge in [0, 0.05) is 37.8 Å². The lowest BCUT2D eigenvalue weighted by atomic mass is 9.94. The fourth-order valence-corrected chi connectivity index (χ4v) is 6.59. The van der Waals surface area contributed by atoms with Gasteiger partial charge in [-0.1, -0.05) is 36.4 Å². The van der Waals surface area contributed by atoms with Crippen LogP contribution in [0.2, 0.25) is 5.02 Å². The minimum absolute atomic E-state index is 0.0168. The molecule has 2 saturated heterocycles. The predicted octanol–water partition coefficient (Wildman–Crippen LogP) is 3.53. The third-order valence-electron chi connectivity index (χ3n) is 7.32. The highest BCUT2D eigenvalue weighted by Crippen LogP contribution is 2.28. The van der Waals surface area contributed by atoms with Crippen LogP contribution in [-0.4, -0.2) is 82.0 Å². The summed E-state index contributed by atoms with van der Waals surface area (Å²) in [4.78, 5) is 25.3. The highest BCUT2D eigenvalue weighted by Gasteiger charge is 2.27. The minimum Gasteiger partial charge on any atom is -0.350 e. The normalized spacial score (nSPS) is 19.1. The summed E-state index contributed by atoms with van der Waals surface area (Å²) < 4.78 is 26.8. The Labute approximate surface area is 233 Å². The largest absolute Gasteiger partial charge is 0.350 e. The number of nitrogens with zero attached hydrogens (tertiary/aromatic N) is 6. The van der Waals surface area contributed by atoms with E-state index in [1.165, 1.54) is 36.8 Å². The van der Waals surface area contributed by atoms with Crippen LogP contribution in [0, 0.1) is 5.92 Å². The van der Waals surface area contributed by atoms with Gasteiger partial charge in [-0.15, -0.1) is 0 Å². The van der Waals surface area contributed by atoms with Crippen LogP contribution in [0.4, 0.5) is 5.95 Å². The lowest BCUT2D eigenvalue weighted by Crippen LogP contribution is -2.46. The second-order valence-electron chi connectivity index (χ2n) is 10.0. The molecule has 2 aliphatic heterocycles. The van der Waals surface area contributed by atoms with Crippen LogP contribution in [0.25, 0.3) is 11.3 Å². The number of carbonyl (C=O) groups is 1. The molecule has 2 aromatic heterocycles. The Morgan fingerprint density at radius 1 is 1.13 bits per heavy atom. The molecule has 0 radical (unpaired) electrons. The van der Waals surface area contributed by atoms with Gasteiger partial charge in [0.15, 0.2) is 0 Å². The summed E-state index contributed by atoms with van der Waals surface area (Å²) in [6, 6.07) is 8.31. The first kappa shape index (κ1) is 27.3. The molecular weight excluding hydrogens is 538 g/mol. The van der Waals surface area contributed by atoms with Gasteiger partial charge in [0.2, 0.25) is 11.9 Å². The molecule has 0 saturated carbocycles. The fourth-order valence-electron chi connectivity index (χ4n) is 5.25. The monoisotopic (exact) mass is 569 g/mol. The van der Waals surface area contributed by atoms with E-state index in [1.807, 2.05) is 4.90 Å². The molecule has 39 heavy (non-hydrogen) atoms. The van der Waals surface area contributed by atoms with Crippen molar-refractivity contribution in [3.05, 3.63) is 66.6 Å². The number of halogens is 1. The van der Waals surface area contributed by atoms with E-state index in [4.69, 9.17) is 11.6 Å². The van der Waals surface area contributed by atoms with Crippen molar-refractivity contribution in [1.82, 2.24) is 29.0 Å². The van der Waals surface area contributed by atoms with Crippen molar-refractivity contribution in [1.29, 1.82) is 0 Å². The molecule has 4 heterocycles. The Morgan fingerprint density at radius 3 is 2.64 bits per heavy atom. The molecule has 3 aromatic rings. The highest BCUT2D eigenvalue weighted by atomic mass is 35.5. The van der Waals surface area contributed by atoms with Gasteiger partial charge in [-0.05, 0) is 56.4 Å². The van der Waals surface area contributed by atoms with Crippen LogP contribution in [0.15, 0.2) is 66.5 Å². The van der Waals surface area contributed by atoms with Gasteiger partial charge in [0.25, 0.3) is 10.0 Å². The Bertz CT molecular complexity index is 1420. The summed E-state index contributed by atoms with van der Waals surface area (Å²) in [7, 11) is -3.82. The highest BCUT2D eigenvalue weighted by molar-refractivity contribution is 7.89. The molecule has 2 fully saturated rings. The molecule has 1 aromatic carbocycles. The maximum Gasteiger partial charge on any atom is 0.282 e. The summed E-state index contributed by atoms with van der Waals surface area (Å²) in [5.74, 6) is 1.03. The predicted molar refractivity (Wildman–Crippen MR) is 150 cm³/mol. The molecule has 2 aliphatic rings. The molecule has 5 rings (SSSR count). The molecular formula is C27H32ClN7O3S. The average Bonchev–Trinajstić information content (AvgIpc) is 3.46. The van der Waals surface area contributed by atoms with E-state index < -0.39 is 10.0 Å². The molecule has 10 nitrogen and oxygen atoms in total. The van der Waals surface area contributed by atoms with Crippen molar-refractivity contribution in [2.75, 3.05) is 38.0 Å². The molecule has 1 N–H and O–H groups in total. The number of rotatable bonds is 8.